The van der Waals surface area contributed by atoms with Crippen LogP contribution in [0.25, 0.3) is 11.1 Å². The van der Waals surface area contributed by atoms with E-state index in [9.17, 15) is 29.1 Å². The van der Waals surface area contributed by atoms with E-state index in [4.69, 9.17) is 26.7 Å². The fourth-order valence-electron chi connectivity index (χ4n) is 7.35. The smallest absolute Gasteiger partial charge is 0.326 e. The van der Waals surface area contributed by atoms with Crippen LogP contribution in [0.3, 0.4) is 0 Å². The molecule has 15 nitrogen and oxygen atoms in total. The molecule has 3 aromatic carbocycles. The van der Waals surface area contributed by atoms with Crippen LogP contribution in [-0.4, -0.2) is 97.6 Å². The summed E-state index contributed by atoms with van der Waals surface area (Å²) in [6.07, 6.45) is 8.00. The highest BCUT2D eigenvalue weighted by atomic mass is 16.5. The quantitative estimate of drug-likeness (QED) is 0.0813. The van der Waals surface area contributed by atoms with E-state index in [1.165, 1.54) is 44.6 Å². The fraction of sp³-hybridized carbons (Fsp3) is 0.489. The van der Waals surface area contributed by atoms with E-state index in [2.05, 4.69) is 22.9 Å². The summed E-state index contributed by atoms with van der Waals surface area (Å²) < 4.78 is 12.1. The molecular formula is C45H63N7O8. The summed E-state index contributed by atoms with van der Waals surface area (Å²) in [5, 5.41) is 18.2. The summed E-state index contributed by atoms with van der Waals surface area (Å²) in [6.45, 7) is 6.27. The number of carboxylic acid groups (broad SMARTS) is 1. The molecule has 0 radical (unpaired) electrons. The van der Waals surface area contributed by atoms with Crippen LogP contribution in [0, 0.1) is 6.92 Å². The average Bonchev–Trinajstić information content (AvgIpc) is 3.22. The molecule has 60 heavy (non-hydrogen) atoms. The number of carbonyl (C=O) groups excluding carboxylic acids is 4. The van der Waals surface area contributed by atoms with Crippen molar-refractivity contribution in [3.05, 3.63) is 82.4 Å². The van der Waals surface area contributed by atoms with Crippen LogP contribution in [0.1, 0.15) is 97.4 Å². The molecule has 0 spiro atoms. The highest BCUT2D eigenvalue weighted by Gasteiger charge is 2.36. The molecule has 4 bridgehead atoms. The van der Waals surface area contributed by atoms with E-state index in [0.717, 1.165) is 30.4 Å². The molecule has 1 aliphatic heterocycles. The minimum atomic E-state index is -1.36. The lowest BCUT2D eigenvalue weighted by Crippen LogP contribution is -2.55. The summed E-state index contributed by atoms with van der Waals surface area (Å²) >= 11 is 0. The van der Waals surface area contributed by atoms with E-state index >= 15 is 0 Å². The van der Waals surface area contributed by atoms with E-state index < -0.39 is 53.8 Å². The molecule has 15 heteroatoms. The summed E-state index contributed by atoms with van der Waals surface area (Å²) in [7, 11) is 1.44. The molecule has 0 fully saturated rings. The third kappa shape index (κ3) is 12.7. The maximum Gasteiger partial charge on any atom is 0.326 e. The van der Waals surface area contributed by atoms with Crippen LogP contribution >= 0.6 is 0 Å². The average molecular weight is 830 g/mol. The molecule has 1 aliphatic rings. The number of likely N-dealkylation sites (N-methyl/N-ethyl adjacent to an activating group) is 1. The summed E-state index contributed by atoms with van der Waals surface area (Å²) in [5.74, 6) is -3.02. The number of nitrogens with one attached hydrogen (secondary N) is 3. The van der Waals surface area contributed by atoms with E-state index in [0.29, 0.717) is 39.3 Å². The first-order valence-electron chi connectivity index (χ1n) is 21.0. The largest absolute Gasteiger partial charge is 0.492 e. The van der Waals surface area contributed by atoms with Gasteiger partial charge in [-0.25, -0.2) is 4.79 Å². The number of rotatable bonds is 20. The molecule has 4 rings (SSSR count). The monoisotopic (exact) mass is 829 g/mol. The number of amides is 4. The lowest BCUT2D eigenvalue weighted by atomic mass is 9.93. The van der Waals surface area contributed by atoms with Crippen molar-refractivity contribution >= 4 is 29.6 Å². The van der Waals surface area contributed by atoms with Crippen molar-refractivity contribution in [2.75, 3.05) is 39.9 Å². The Kier molecular flexibility index (Phi) is 18.3. The van der Waals surface area contributed by atoms with Crippen molar-refractivity contribution in [3.8, 4) is 22.6 Å². The van der Waals surface area contributed by atoms with Crippen LogP contribution < -0.4 is 42.6 Å². The topological polar surface area (TPSA) is 241 Å². The van der Waals surface area contributed by atoms with Crippen molar-refractivity contribution in [2.24, 2.45) is 17.2 Å². The van der Waals surface area contributed by atoms with Crippen molar-refractivity contribution < 1.29 is 38.6 Å². The Bertz CT molecular complexity index is 1960. The second-order valence-corrected chi connectivity index (χ2v) is 15.3. The minimum absolute atomic E-state index is 0.0543. The van der Waals surface area contributed by atoms with E-state index in [1.54, 1.807) is 42.5 Å². The van der Waals surface area contributed by atoms with E-state index in [1.807, 2.05) is 19.1 Å². The minimum Gasteiger partial charge on any atom is -0.492 e. The summed E-state index contributed by atoms with van der Waals surface area (Å²) in [4.78, 5) is 69.7. The number of hydrogen-bond acceptors (Lipinski definition) is 10. The van der Waals surface area contributed by atoms with Gasteiger partial charge in [0.2, 0.25) is 17.7 Å². The zero-order chi connectivity index (χ0) is 43.8. The highest BCUT2D eigenvalue weighted by Crippen LogP contribution is 2.40. The first kappa shape index (κ1) is 47.2. The van der Waals surface area contributed by atoms with Gasteiger partial charge in [-0.3, -0.25) is 19.2 Å². The van der Waals surface area contributed by atoms with Gasteiger partial charge in [0.25, 0.3) is 5.91 Å². The summed E-state index contributed by atoms with van der Waals surface area (Å²) in [5.41, 5.74) is 21.8. The van der Waals surface area contributed by atoms with Gasteiger partial charge in [-0.2, -0.15) is 0 Å². The predicted molar refractivity (Wildman–Crippen MR) is 231 cm³/mol. The Labute approximate surface area is 353 Å². The Morgan fingerprint density at radius 1 is 0.850 bits per heavy atom. The van der Waals surface area contributed by atoms with Gasteiger partial charge in [-0.15, -0.1) is 0 Å². The Morgan fingerprint density at radius 3 is 2.13 bits per heavy atom. The van der Waals surface area contributed by atoms with Gasteiger partial charge in [-0.1, -0.05) is 63.3 Å². The number of fused-ring (bicyclic) bond motifs is 5. The maximum atomic E-state index is 14.5. The number of aliphatic carboxylic acids is 1. The molecule has 0 unspecified atom stereocenters. The second kappa shape index (κ2) is 23.3. The number of hydrogen-bond donors (Lipinski definition) is 7. The molecule has 1 heterocycles. The molecule has 4 atom stereocenters. The van der Waals surface area contributed by atoms with Gasteiger partial charge >= 0.3 is 5.97 Å². The number of benzene rings is 3. The molecule has 326 valence electrons. The van der Waals surface area contributed by atoms with Crippen LogP contribution in [0.15, 0.2) is 54.6 Å². The maximum absolute atomic E-state index is 14.5. The van der Waals surface area contributed by atoms with Gasteiger partial charge in [0, 0.05) is 43.2 Å². The number of nitrogens with zero attached hydrogens (tertiary/aromatic N) is 1. The van der Waals surface area contributed by atoms with Crippen LogP contribution in [0.4, 0.5) is 0 Å². The predicted octanol–water partition coefficient (Wildman–Crippen LogP) is 3.52. The lowest BCUT2D eigenvalue weighted by Gasteiger charge is -2.32. The van der Waals surface area contributed by atoms with Crippen molar-refractivity contribution in [3.63, 3.8) is 0 Å². The van der Waals surface area contributed by atoms with E-state index in [-0.39, 0.29) is 45.7 Å². The van der Waals surface area contributed by atoms with Crippen LogP contribution in [-0.2, 0) is 32.0 Å². The molecule has 0 saturated heterocycles. The fourth-order valence-corrected chi connectivity index (χ4v) is 7.35. The lowest BCUT2D eigenvalue weighted by molar-refractivity contribution is -0.143. The Balaban J connectivity index is 1.74. The number of ether oxygens (including phenoxy) is 2. The van der Waals surface area contributed by atoms with Crippen molar-refractivity contribution in [1.82, 2.24) is 20.9 Å². The normalized spacial score (nSPS) is 17.1. The number of nitrogens with two attached hydrogens (primary N) is 3. The standard InChI is InChI=1S/C45H63N7O8/c1-5-6-7-8-9-10-11-30-12-15-33(28(2)24-30)42(54)50-36(18-19-46)44(56)52(4)40-32-14-17-39(60-23-21-48)35(27-32)34-25-31(13-16-38(34)59-22-20-47)26-37(45(57)58)51-41(53)29(3)49-43(40)55/h12-17,24-25,27,29,36-37,40H,5-11,18-23,26,46-48H2,1-4H3,(H,49,55)(H,50,54)(H,51,53)(H,57,58)/t29-,36-,37-,40-/m0/s1. The van der Waals surface area contributed by atoms with Gasteiger partial charge < -0.3 is 52.6 Å². The van der Waals surface area contributed by atoms with Crippen molar-refractivity contribution in [2.45, 2.75) is 103 Å². The van der Waals surface area contributed by atoms with Crippen molar-refractivity contribution in [1.29, 1.82) is 0 Å². The first-order valence-corrected chi connectivity index (χ1v) is 21.0. The zero-order valence-corrected chi connectivity index (χ0v) is 35.4. The molecule has 0 saturated carbocycles. The number of carboxylic acids is 1. The van der Waals surface area contributed by atoms with Gasteiger partial charge in [0.05, 0.1) is 0 Å². The molecule has 3 aromatic rings. The molecule has 4 amide bonds. The van der Waals surface area contributed by atoms with Gasteiger partial charge in [-0.05, 0) is 92.2 Å². The van der Waals surface area contributed by atoms with Gasteiger partial charge in [0.1, 0.15) is 48.9 Å². The number of aryl methyl sites for hydroxylation is 2. The zero-order valence-electron chi connectivity index (χ0n) is 35.4. The van der Waals surface area contributed by atoms with Gasteiger partial charge in [0.15, 0.2) is 0 Å². The highest BCUT2D eigenvalue weighted by molar-refractivity contribution is 6.00. The number of carbonyl (C=O) groups is 5. The van der Waals surface area contributed by atoms with Crippen LogP contribution in [0.2, 0.25) is 0 Å². The SMILES string of the molecule is CCCCCCCCc1ccc(C(=O)N[C@@H](CCN)C(=O)N(C)[C@@H]2C(=O)N[C@@H](C)C(=O)N[C@H](C(=O)O)Cc3ccc(OCCN)c(c3)-c3cc2ccc3OCCN)c(C)c1. The second-order valence-electron chi connectivity index (χ2n) is 15.3. The molecular weight excluding hydrogens is 767 g/mol. The third-order valence-corrected chi connectivity index (χ3v) is 10.6. The van der Waals surface area contributed by atoms with Crippen LogP contribution in [0.5, 0.6) is 11.5 Å². The Morgan fingerprint density at radius 2 is 1.50 bits per heavy atom. The summed E-state index contributed by atoms with van der Waals surface area (Å²) in [6, 6.07) is 10.8. The molecule has 10 N–H and O–H groups in total. The Hall–Kier alpha value is -5.51. The molecule has 0 aliphatic carbocycles. The first-order chi connectivity index (χ1) is 28.8. The molecule has 0 aromatic heterocycles. The third-order valence-electron chi connectivity index (χ3n) is 10.6. The number of unbranched alkanes of at least 4 members (excludes halogenated alkanes) is 5.